The Morgan fingerprint density at radius 2 is 1.83 bits per heavy atom. The summed E-state index contributed by atoms with van der Waals surface area (Å²) in [7, 11) is 0. The predicted octanol–water partition coefficient (Wildman–Crippen LogP) is 4.85. The van der Waals surface area contributed by atoms with Gasteiger partial charge in [-0.3, -0.25) is 0 Å². The zero-order valence-corrected chi connectivity index (χ0v) is 19.0. The van der Waals surface area contributed by atoms with Crippen molar-refractivity contribution in [3.05, 3.63) is 53.6 Å². The zero-order chi connectivity index (χ0) is 21.3. The Morgan fingerprint density at radius 1 is 1.10 bits per heavy atom. The van der Waals surface area contributed by atoms with E-state index in [2.05, 4.69) is 15.0 Å². The fraction of sp³-hybridized carbons (Fsp3) is 0.350. The standard InChI is InChI=1S/C20H24F3N3O3.HI/c1-3-27-10-11-28-18-12-14(2)8-9-15(18)13-25-19(24)26-16-6-4-5-7-17(16)29-20(21,22)23;/h4-9,12H,3,10-11,13H2,1-2H3,(H3,24,25,26);1H. The van der Waals surface area contributed by atoms with Crippen LogP contribution in [0.1, 0.15) is 18.1 Å². The lowest BCUT2D eigenvalue weighted by Crippen LogP contribution is -2.24. The maximum atomic E-state index is 12.5. The maximum absolute atomic E-state index is 12.5. The van der Waals surface area contributed by atoms with E-state index in [4.69, 9.17) is 15.2 Å². The molecule has 3 N–H and O–H groups in total. The number of nitrogens with one attached hydrogen (secondary N) is 1. The van der Waals surface area contributed by atoms with Gasteiger partial charge in [0.2, 0.25) is 0 Å². The van der Waals surface area contributed by atoms with E-state index in [9.17, 15) is 13.2 Å². The molecule has 0 aromatic heterocycles. The van der Waals surface area contributed by atoms with Gasteiger partial charge in [0.1, 0.15) is 12.4 Å². The number of alkyl halides is 3. The Kier molecular flexibility index (Phi) is 10.7. The second-order valence-electron chi connectivity index (χ2n) is 6.03. The number of para-hydroxylation sites is 2. The fourth-order valence-corrected chi connectivity index (χ4v) is 2.41. The molecule has 0 unspecified atom stereocenters. The Labute approximate surface area is 190 Å². The van der Waals surface area contributed by atoms with Crippen LogP contribution in [-0.2, 0) is 11.3 Å². The Bertz CT molecular complexity index is 832. The molecule has 0 spiro atoms. The average Bonchev–Trinajstić information content (AvgIpc) is 2.65. The molecule has 6 nitrogen and oxygen atoms in total. The number of hydrogen-bond acceptors (Lipinski definition) is 4. The van der Waals surface area contributed by atoms with Gasteiger partial charge in [0.05, 0.1) is 18.8 Å². The number of aliphatic imine (C=N–C) groups is 1. The van der Waals surface area contributed by atoms with Crippen molar-refractivity contribution in [2.45, 2.75) is 26.8 Å². The molecule has 2 rings (SSSR count). The number of nitrogens with zero attached hydrogens (tertiary/aromatic N) is 1. The van der Waals surface area contributed by atoms with Crippen LogP contribution in [-0.4, -0.2) is 32.1 Å². The molecule has 0 heterocycles. The number of nitrogens with two attached hydrogens (primary N) is 1. The fourth-order valence-electron chi connectivity index (χ4n) is 2.41. The van der Waals surface area contributed by atoms with E-state index in [1.54, 1.807) is 6.07 Å². The normalized spacial score (nSPS) is 11.6. The molecule has 0 aliphatic heterocycles. The van der Waals surface area contributed by atoms with Crippen LogP contribution in [0.2, 0.25) is 0 Å². The third-order valence-electron chi connectivity index (χ3n) is 3.71. The van der Waals surface area contributed by atoms with Gasteiger partial charge >= 0.3 is 6.36 Å². The van der Waals surface area contributed by atoms with Gasteiger partial charge in [0, 0.05) is 12.2 Å². The molecular formula is C20H25F3IN3O3. The SMILES string of the molecule is CCOCCOc1cc(C)ccc1CN=C(N)Nc1ccccc1OC(F)(F)F.I. The third-order valence-corrected chi connectivity index (χ3v) is 3.71. The first-order chi connectivity index (χ1) is 13.8. The molecule has 0 fully saturated rings. The second-order valence-corrected chi connectivity index (χ2v) is 6.03. The molecule has 0 bridgehead atoms. The number of halogens is 4. The van der Waals surface area contributed by atoms with Crippen LogP contribution in [0.5, 0.6) is 11.5 Å². The van der Waals surface area contributed by atoms with Crippen LogP contribution < -0.4 is 20.5 Å². The first-order valence-corrected chi connectivity index (χ1v) is 9.00. The highest BCUT2D eigenvalue weighted by Crippen LogP contribution is 2.29. The van der Waals surface area contributed by atoms with Gasteiger partial charge in [-0.15, -0.1) is 37.1 Å². The highest BCUT2D eigenvalue weighted by atomic mass is 127. The van der Waals surface area contributed by atoms with E-state index in [1.807, 2.05) is 32.0 Å². The van der Waals surface area contributed by atoms with E-state index in [0.717, 1.165) is 11.1 Å². The van der Waals surface area contributed by atoms with E-state index in [-0.39, 0.29) is 42.2 Å². The number of anilines is 1. The number of benzene rings is 2. The highest BCUT2D eigenvalue weighted by Gasteiger charge is 2.32. The lowest BCUT2D eigenvalue weighted by molar-refractivity contribution is -0.274. The second kappa shape index (κ2) is 12.5. The van der Waals surface area contributed by atoms with E-state index in [0.29, 0.717) is 25.6 Å². The van der Waals surface area contributed by atoms with Gasteiger partial charge in [-0.1, -0.05) is 24.3 Å². The van der Waals surface area contributed by atoms with Crippen molar-refractivity contribution in [3.63, 3.8) is 0 Å². The minimum Gasteiger partial charge on any atom is -0.491 e. The van der Waals surface area contributed by atoms with Crippen LogP contribution in [0.4, 0.5) is 18.9 Å². The molecule has 0 saturated carbocycles. The molecule has 0 aliphatic carbocycles. The van der Waals surface area contributed by atoms with Gasteiger partial charge in [0.25, 0.3) is 0 Å². The average molecular weight is 539 g/mol. The Balaban J connectivity index is 0.00000450. The van der Waals surface area contributed by atoms with Crippen LogP contribution in [0.25, 0.3) is 0 Å². The van der Waals surface area contributed by atoms with Crippen molar-refractivity contribution < 1.29 is 27.4 Å². The Morgan fingerprint density at radius 3 is 2.53 bits per heavy atom. The largest absolute Gasteiger partial charge is 0.573 e. The molecule has 10 heteroatoms. The molecule has 0 saturated heterocycles. The van der Waals surface area contributed by atoms with Crippen molar-refractivity contribution in [1.29, 1.82) is 0 Å². The van der Waals surface area contributed by atoms with Gasteiger partial charge in [-0.05, 0) is 37.6 Å². The van der Waals surface area contributed by atoms with Crippen LogP contribution in [0.15, 0.2) is 47.5 Å². The first kappa shape index (κ1) is 25.8. The lowest BCUT2D eigenvalue weighted by Gasteiger charge is -2.14. The summed E-state index contributed by atoms with van der Waals surface area (Å²) in [6, 6.07) is 11.2. The summed E-state index contributed by atoms with van der Waals surface area (Å²) in [6.07, 6.45) is -4.81. The highest BCUT2D eigenvalue weighted by molar-refractivity contribution is 14.0. The smallest absolute Gasteiger partial charge is 0.491 e. The predicted molar refractivity (Wildman–Crippen MR) is 121 cm³/mol. The van der Waals surface area contributed by atoms with Crippen molar-refractivity contribution in [2.24, 2.45) is 10.7 Å². The van der Waals surface area contributed by atoms with Gasteiger partial charge < -0.3 is 25.3 Å². The summed E-state index contributed by atoms with van der Waals surface area (Å²) in [5, 5.41) is 2.64. The molecule has 30 heavy (non-hydrogen) atoms. The van der Waals surface area contributed by atoms with Gasteiger partial charge in [-0.25, -0.2) is 4.99 Å². The van der Waals surface area contributed by atoms with E-state index in [1.165, 1.54) is 18.2 Å². The molecule has 0 amide bonds. The summed E-state index contributed by atoms with van der Waals surface area (Å²) in [6.45, 7) is 5.49. The zero-order valence-electron chi connectivity index (χ0n) is 16.7. The summed E-state index contributed by atoms with van der Waals surface area (Å²) in [4.78, 5) is 4.20. The molecule has 2 aromatic rings. The molecule has 0 aliphatic rings. The topological polar surface area (TPSA) is 78.1 Å². The van der Waals surface area contributed by atoms with Gasteiger partial charge in [0.15, 0.2) is 11.7 Å². The van der Waals surface area contributed by atoms with Crippen molar-refractivity contribution in [2.75, 3.05) is 25.1 Å². The molecular weight excluding hydrogens is 514 g/mol. The summed E-state index contributed by atoms with van der Waals surface area (Å²) in [5.41, 5.74) is 7.72. The summed E-state index contributed by atoms with van der Waals surface area (Å²) >= 11 is 0. The first-order valence-electron chi connectivity index (χ1n) is 9.00. The van der Waals surface area contributed by atoms with E-state index >= 15 is 0 Å². The number of ether oxygens (including phenoxy) is 3. The van der Waals surface area contributed by atoms with Crippen LogP contribution in [0, 0.1) is 6.92 Å². The van der Waals surface area contributed by atoms with E-state index < -0.39 is 12.1 Å². The molecule has 166 valence electrons. The lowest BCUT2D eigenvalue weighted by atomic mass is 10.1. The summed E-state index contributed by atoms with van der Waals surface area (Å²) in [5.74, 6) is 0.208. The number of guanidine groups is 1. The van der Waals surface area contributed by atoms with Gasteiger partial charge in [-0.2, -0.15) is 0 Å². The number of aryl methyl sites for hydroxylation is 1. The van der Waals surface area contributed by atoms with Crippen molar-refractivity contribution in [1.82, 2.24) is 0 Å². The Hall–Kier alpha value is -2.21. The maximum Gasteiger partial charge on any atom is 0.573 e. The quantitative estimate of drug-likeness (QED) is 0.206. The molecule has 2 aromatic carbocycles. The third kappa shape index (κ3) is 9.08. The number of rotatable bonds is 9. The van der Waals surface area contributed by atoms with Crippen LogP contribution in [0.3, 0.4) is 0 Å². The summed E-state index contributed by atoms with van der Waals surface area (Å²) < 4.78 is 52.6. The molecule has 0 atom stereocenters. The minimum atomic E-state index is -4.81. The monoisotopic (exact) mass is 539 g/mol. The minimum absolute atomic E-state index is 0. The molecule has 0 radical (unpaired) electrons. The van der Waals surface area contributed by atoms with Crippen molar-refractivity contribution >= 4 is 35.6 Å². The van der Waals surface area contributed by atoms with Crippen molar-refractivity contribution in [3.8, 4) is 11.5 Å². The number of hydrogen-bond donors (Lipinski definition) is 2. The van der Waals surface area contributed by atoms with Crippen LogP contribution >= 0.6 is 24.0 Å².